The fourth-order valence-electron chi connectivity index (χ4n) is 1.05. The lowest BCUT2D eigenvalue weighted by molar-refractivity contribution is -0.114. The van der Waals surface area contributed by atoms with Crippen LogP contribution in [0.2, 0.25) is 0 Å². The van der Waals surface area contributed by atoms with Gasteiger partial charge in [0.1, 0.15) is 0 Å². The maximum Gasteiger partial charge on any atom is 0.157 e. The molecule has 0 bridgehead atoms. The summed E-state index contributed by atoms with van der Waals surface area (Å²) in [6.45, 7) is 0.963. The SMILES string of the molecule is O=C1C=C(NCCCBr)CC1. The Morgan fingerprint density at radius 2 is 2.36 bits per heavy atom. The van der Waals surface area contributed by atoms with Crippen LogP contribution in [0.5, 0.6) is 0 Å². The normalized spacial score (nSPS) is 16.8. The number of alkyl halides is 1. The van der Waals surface area contributed by atoms with Gasteiger partial charge >= 0.3 is 0 Å². The Morgan fingerprint density at radius 1 is 1.55 bits per heavy atom. The molecule has 1 N–H and O–H groups in total. The summed E-state index contributed by atoms with van der Waals surface area (Å²) < 4.78 is 0. The number of hydrogen-bond acceptors (Lipinski definition) is 2. The Morgan fingerprint density at radius 3 is 2.91 bits per heavy atom. The molecule has 0 radical (unpaired) electrons. The summed E-state index contributed by atoms with van der Waals surface area (Å²) in [6, 6.07) is 0. The molecule has 0 amide bonds. The first kappa shape index (κ1) is 8.78. The molecule has 0 heterocycles. The average molecular weight is 218 g/mol. The topological polar surface area (TPSA) is 29.1 Å². The standard InChI is InChI=1S/C8H12BrNO/c9-4-1-5-10-7-2-3-8(11)6-7/h6,10H,1-5H2. The summed E-state index contributed by atoms with van der Waals surface area (Å²) in [5, 5.41) is 4.24. The van der Waals surface area contributed by atoms with Crippen LogP contribution in [0.15, 0.2) is 11.8 Å². The average Bonchev–Trinajstić information content (AvgIpc) is 2.37. The predicted octanol–water partition coefficient (Wildman–Crippen LogP) is 1.61. The molecule has 0 fully saturated rings. The van der Waals surface area contributed by atoms with E-state index < -0.39 is 0 Å². The summed E-state index contributed by atoms with van der Waals surface area (Å²) in [5.74, 6) is 0.256. The lowest BCUT2D eigenvalue weighted by Gasteiger charge is -2.03. The number of carbonyl (C=O) groups is 1. The lowest BCUT2D eigenvalue weighted by atomic mass is 10.3. The third-order valence-electron chi connectivity index (χ3n) is 1.64. The quantitative estimate of drug-likeness (QED) is 0.573. The van der Waals surface area contributed by atoms with Crippen LogP contribution in [0.1, 0.15) is 19.3 Å². The highest BCUT2D eigenvalue weighted by atomic mass is 79.9. The Labute approximate surface area is 75.2 Å². The van der Waals surface area contributed by atoms with Gasteiger partial charge in [0.25, 0.3) is 0 Å². The minimum absolute atomic E-state index is 0.256. The maximum absolute atomic E-state index is 10.8. The Bertz CT molecular complexity index is 177. The fraction of sp³-hybridized carbons (Fsp3) is 0.625. The molecular formula is C8H12BrNO. The van der Waals surface area contributed by atoms with Crippen LogP contribution in [0.25, 0.3) is 0 Å². The van der Waals surface area contributed by atoms with Gasteiger partial charge in [0.15, 0.2) is 5.78 Å². The summed E-state index contributed by atoms with van der Waals surface area (Å²) in [5.41, 5.74) is 1.11. The highest BCUT2D eigenvalue weighted by molar-refractivity contribution is 9.09. The number of ketones is 1. The van der Waals surface area contributed by atoms with Crippen molar-refractivity contribution >= 4 is 21.7 Å². The van der Waals surface area contributed by atoms with Gasteiger partial charge in [-0.05, 0) is 12.8 Å². The summed E-state index contributed by atoms with van der Waals surface area (Å²) in [7, 11) is 0. The summed E-state index contributed by atoms with van der Waals surface area (Å²) >= 11 is 3.34. The second-order valence-corrected chi connectivity index (χ2v) is 3.40. The summed E-state index contributed by atoms with van der Waals surface area (Å²) in [6.07, 6.45) is 4.41. The van der Waals surface area contributed by atoms with Gasteiger partial charge < -0.3 is 5.32 Å². The molecule has 0 spiro atoms. The molecule has 0 aromatic heterocycles. The molecule has 2 nitrogen and oxygen atoms in total. The molecule has 0 aliphatic heterocycles. The minimum Gasteiger partial charge on any atom is -0.388 e. The zero-order valence-corrected chi connectivity index (χ0v) is 7.99. The van der Waals surface area contributed by atoms with Gasteiger partial charge in [-0.1, -0.05) is 15.9 Å². The van der Waals surface area contributed by atoms with Crippen molar-refractivity contribution in [2.24, 2.45) is 0 Å². The molecule has 0 atom stereocenters. The number of rotatable bonds is 4. The first-order valence-corrected chi connectivity index (χ1v) is 4.98. The molecule has 0 aromatic rings. The summed E-state index contributed by atoms with van der Waals surface area (Å²) in [4.78, 5) is 10.8. The fourth-order valence-corrected chi connectivity index (χ4v) is 1.33. The molecule has 11 heavy (non-hydrogen) atoms. The second kappa shape index (κ2) is 4.54. The van der Waals surface area contributed by atoms with Crippen molar-refractivity contribution in [2.45, 2.75) is 19.3 Å². The van der Waals surface area contributed by atoms with Crippen molar-refractivity contribution in [1.29, 1.82) is 0 Å². The van der Waals surface area contributed by atoms with Crippen molar-refractivity contribution in [1.82, 2.24) is 5.32 Å². The van der Waals surface area contributed by atoms with Crippen LogP contribution in [-0.4, -0.2) is 17.7 Å². The van der Waals surface area contributed by atoms with Gasteiger partial charge in [0.2, 0.25) is 0 Å². The van der Waals surface area contributed by atoms with Crippen molar-refractivity contribution in [3.63, 3.8) is 0 Å². The molecule has 62 valence electrons. The minimum atomic E-state index is 0.256. The highest BCUT2D eigenvalue weighted by Gasteiger charge is 2.10. The molecule has 1 aliphatic carbocycles. The monoisotopic (exact) mass is 217 g/mol. The van der Waals surface area contributed by atoms with Gasteiger partial charge in [-0.25, -0.2) is 0 Å². The maximum atomic E-state index is 10.8. The van der Waals surface area contributed by atoms with E-state index in [0.717, 1.165) is 30.4 Å². The molecule has 0 saturated carbocycles. The van der Waals surface area contributed by atoms with Gasteiger partial charge in [-0.3, -0.25) is 4.79 Å². The number of carbonyl (C=O) groups excluding carboxylic acids is 1. The number of halogens is 1. The van der Waals surface area contributed by atoms with Crippen LogP contribution in [0.3, 0.4) is 0 Å². The van der Waals surface area contributed by atoms with Crippen LogP contribution < -0.4 is 5.32 Å². The van der Waals surface area contributed by atoms with Gasteiger partial charge in [-0.15, -0.1) is 0 Å². The van der Waals surface area contributed by atoms with Gasteiger partial charge in [-0.2, -0.15) is 0 Å². The van der Waals surface area contributed by atoms with E-state index in [1.54, 1.807) is 6.08 Å². The zero-order chi connectivity index (χ0) is 8.10. The van der Waals surface area contributed by atoms with Crippen LogP contribution >= 0.6 is 15.9 Å². The third kappa shape index (κ3) is 3.06. The van der Waals surface area contributed by atoms with E-state index in [9.17, 15) is 4.79 Å². The Balaban J connectivity index is 2.17. The van der Waals surface area contributed by atoms with E-state index >= 15 is 0 Å². The first-order valence-electron chi connectivity index (χ1n) is 3.86. The Hall–Kier alpha value is -0.310. The number of allylic oxidation sites excluding steroid dienone is 2. The molecule has 1 aliphatic rings. The van der Waals surface area contributed by atoms with Crippen molar-refractivity contribution in [2.75, 3.05) is 11.9 Å². The van der Waals surface area contributed by atoms with E-state index in [1.165, 1.54) is 0 Å². The van der Waals surface area contributed by atoms with Crippen LogP contribution in [0.4, 0.5) is 0 Å². The molecule has 0 unspecified atom stereocenters. The second-order valence-electron chi connectivity index (χ2n) is 2.61. The third-order valence-corrected chi connectivity index (χ3v) is 2.20. The van der Waals surface area contributed by atoms with Crippen molar-refractivity contribution in [3.05, 3.63) is 11.8 Å². The first-order chi connectivity index (χ1) is 5.33. The predicted molar refractivity (Wildman–Crippen MR) is 48.7 cm³/mol. The van der Waals surface area contributed by atoms with E-state index in [4.69, 9.17) is 0 Å². The zero-order valence-electron chi connectivity index (χ0n) is 6.40. The molecular weight excluding hydrogens is 206 g/mol. The van der Waals surface area contributed by atoms with E-state index in [2.05, 4.69) is 21.2 Å². The van der Waals surface area contributed by atoms with E-state index in [1.807, 2.05) is 0 Å². The molecule has 0 aromatic carbocycles. The van der Waals surface area contributed by atoms with Crippen molar-refractivity contribution in [3.8, 4) is 0 Å². The number of hydrogen-bond donors (Lipinski definition) is 1. The largest absolute Gasteiger partial charge is 0.388 e. The van der Waals surface area contributed by atoms with Gasteiger partial charge in [0, 0.05) is 30.1 Å². The smallest absolute Gasteiger partial charge is 0.157 e. The van der Waals surface area contributed by atoms with E-state index in [-0.39, 0.29) is 5.78 Å². The molecule has 3 heteroatoms. The number of nitrogens with one attached hydrogen (secondary N) is 1. The van der Waals surface area contributed by atoms with Gasteiger partial charge in [0.05, 0.1) is 0 Å². The molecule has 0 saturated heterocycles. The van der Waals surface area contributed by atoms with Crippen LogP contribution in [0, 0.1) is 0 Å². The van der Waals surface area contributed by atoms with E-state index in [0.29, 0.717) is 6.42 Å². The highest BCUT2D eigenvalue weighted by Crippen LogP contribution is 2.11. The van der Waals surface area contributed by atoms with Crippen molar-refractivity contribution < 1.29 is 4.79 Å². The van der Waals surface area contributed by atoms with Crippen LogP contribution in [-0.2, 0) is 4.79 Å². The lowest BCUT2D eigenvalue weighted by Crippen LogP contribution is -2.13. The molecule has 1 rings (SSSR count). The Kier molecular flexibility index (Phi) is 3.63.